The van der Waals surface area contributed by atoms with Crippen LogP contribution in [0, 0.1) is 16.7 Å². The number of rotatable bonds is 5. The van der Waals surface area contributed by atoms with Crippen molar-refractivity contribution < 1.29 is 0 Å². The number of piperazine rings is 1. The van der Waals surface area contributed by atoms with Crippen LogP contribution >= 0.6 is 0 Å². The minimum Gasteiger partial charge on any atom is -0.314 e. The molecule has 0 radical (unpaired) electrons. The van der Waals surface area contributed by atoms with Gasteiger partial charge in [-0.1, -0.05) is 25.7 Å². The van der Waals surface area contributed by atoms with Gasteiger partial charge in [0.25, 0.3) is 0 Å². The summed E-state index contributed by atoms with van der Waals surface area (Å²) in [5.74, 6) is 0. The van der Waals surface area contributed by atoms with E-state index in [-0.39, 0.29) is 5.41 Å². The van der Waals surface area contributed by atoms with Gasteiger partial charge < -0.3 is 5.32 Å². The first-order valence-corrected chi connectivity index (χ1v) is 8.45. The van der Waals surface area contributed by atoms with Gasteiger partial charge in [0.05, 0.1) is 11.5 Å². The Kier molecular flexibility index (Phi) is 5.46. The maximum absolute atomic E-state index is 9.07. The lowest BCUT2D eigenvalue weighted by molar-refractivity contribution is 0.0260. The molecule has 0 atom stereocenters. The van der Waals surface area contributed by atoms with Crippen LogP contribution in [0.2, 0.25) is 0 Å². The molecule has 114 valence electrons. The lowest BCUT2D eigenvalue weighted by atomic mass is 9.79. The second kappa shape index (κ2) is 6.91. The molecular formula is C17H31N3. The highest BCUT2D eigenvalue weighted by Crippen LogP contribution is 2.35. The van der Waals surface area contributed by atoms with Gasteiger partial charge in [0.15, 0.2) is 0 Å². The van der Waals surface area contributed by atoms with E-state index >= 15 is 0 Å². The standard InChI is InChI=1S/C17H31N3/c1-16(2,14-18)8-6-7-12-20-13-11-19-15-17(20)9-4-3-5-10-17/h19H,3-13,15H2,1-2H3. The van der Waals surface area contributed by atoms with E-state index in [4.69, 9.17) is 5.26 Å². The van der Waals surface area contributed by atoms with Gasteiger partial charge in [-0.15, -0.1) is 0 Å². The van der Waals surface area contributed by atoms with Crippen LogP contribution in [-0.2, 0) is 0 Å². The van der Waals surface area contributed by atoms with Crippen molar-refractivity contribution in [2.45, 2.75) is 70.8 Å². The van der Waals surface area contributed by atoms with Crippen molar-refractivity contribution in [3.05, 3.63) is 0 Å². The summed E-state index contributed by atoms with van der Waals surface area (Å²) in [7, 11) is 0. The Morgan fingerprint density at radius 3 is 2.65 bits per heavy atom. The Morgan fingerprint density at radius 2 is 1.95 bits per heavy atom. The molecule has 1 spiro atoms. The molecule has 3 heteroatoms. The maximum Gasteiger partial charge on any atom is 0.0683 e. The zero-order chi connectivity index (χ0) is 14.5. The molecule has 1 saturated heterocycles. The molecular weight excluding hydrogens is 246 g/mol. The first-order valence-electron chi connectivity index (χ1n) is 8.45. The molecule has 1 aliphatic heterocycles. The first kappa shape index (κ1) is 15.8. The van der Waals surface area contributed by atoms with E-state index in [9.17, 15) is 0 Å². The van der Waals surface area contributed by atoms with Crippen LogP contribution in [0.4, 0.5) is 0 Å². The molecule has 2 rings (SSSR count). The molecule has 0 unspecified atom stereocenters. The van der Waals surface area contributed by atoms with E-state index in [0.717, 1.165) is 13.0 Å². The van der Waals surface area contributed by atoms with E-state index in [1.807, 2.05) is 0 Å². The predicted octanol–water partition coefficient (Wildman–Crippen LogP) is 3.31. The van der Waals surface area contributed by atoms with Crippen molar-refractivity contribution in [2.24, 2.45) is 5.41 Å². The van der Waals surface area contributed by atoms with Gasteiger partial charge in [0, 0.05) is 25.2 Å². The van der Waals surface area contributed by atoms with Gasteiger partial charge >= 0.3 is 0 Å². The molecule has 1 saturated carbocycles. The highest BCUT2D eigenvalue weighted by atomic mass is 15.3. The van der Waals surface area contributed by atoms with Crippen LogP contribution in [0.15, 0.2) is 0 Å². The number of nitriles is 1. The largest absolute Gasteiger partial charge is 0.314 e. The summed E-state index contributed by atoms with van der Waals surface area (Å²) in [6, 6.07) is 2.41. The van der Waals surface area contributed by atoms with Crippen molar-refractivity contribution in [1.82, 2.24) is 10.2 Å². The summed E-state index contributed by atoms with van der Waals surface area (Å²) in [5, 5.41) is 12.7. The van der Waals surface area contributed by atoms with Crippen LogP contribution in [-0.4, -0.2) is 36.6 Å². The quantitative estimate of drug-likeness (QED) is 0.784. The fourth-order valence-electron chi connectivity index (χ4n) is 3.86. The average molecular weight is 277 g/mol. The van der Waals surface area contributed by atoms with Gasteiger partial charge in [-0.25, -0.2) is 0 Å². The second-order valence-corrected chi connectivity index (χ2v) is 7.40. The fraction of sp³-hybridized carbons (Fsp3) is 0.941. The van der Waals surface area contributed by atoms with Crippen LogP contribution in [0.1, 0.15) is 65.2 Å². The zero-order valence-electron chi connectivity index (χ0n) is 13.4. The second-order valence-electron chi connectivity index (χ2n) is 7.40. The SMILES string of the molecule is CC(C)(C#N)CCCCN1CCNCC12CCCCC2. The van der Waals surface area contributed by atoms with Crippen LogP contribution in [0.25, 0.3) is 0 Å². The summed E-state index contributed by atoms with van der Waals surface area (Å²) in [6.45, 7) is 8.88. The van der Waals surface area contributed by atoms with Gasteiger partial charge in [-0.3, -0.25) is 4.90 Å². The highest BCUT2D eigenvalue weighted by molar-refractivity contribution is 4.98. The van der Waals surface area contributed by atoms with Crippen molar-refractivity contribution in [2.75, 3.05) is 26.2 Å². The summed E-state index contributed by atoms with van der Waals surface area (Å²) < 4.78 is 0. The monoisotopic (exact) mass is 277 g/mol. The van der Waals surface area contributed by atoms with Crippen LogP contribution in [0.5, 0.6) is 0 Å². The molecule has 0 amide bonds. The van der Waals surface area contributed by atoms with Crippen molar-refractivity contribution in [3.63, 3.8) is 0 Å². The normalized spacial score (nSPS) is 23.6. The topological polar surface area (TPSA) is 39.1 Å². The van der Waals surface area contributed by atoms with E-state index in [1.54, 1.807) is 0 Å². The number of unbranched alkanes of at least 4 members (excludes halogenated alkanes) is 1. The molecule has 2 fully saturated rings. The molecule has 20 heavy (non-hydrogen) atoms. The van der Waals surface area contributed by atoms with Gasteiger partial charge in [-0.2, -0.15) is 5.26 Å². The fourth-order valence-corrected chi connectivity index (χ4v) is 3.86. The smallest absolute Gasteiger partial charge is 0.0683 e. The average Bonchev–Trinajstić information content (AvgIpc) is 2.46. The third-order valence-corrected chi connectivity index (χ3v) is 5.25. The molecule has 0 aromatic heterocycles. The Labute approximate surface area is 124 Å². The third-order valence-electron chi connectivity index (χ3n) is 5.25. The lowest BCUT2D eigenvalue weighted by Gasteiger charge is -2.50. The molecule has 1 N–H and O–H groups in total. The molecule has 1 heterocycles. The van der Waals surface area contributed by atoms with Crippen molar-refractivity contribution in [3.8, 4) is 6.07 Å². The van der Waals surface area contributed by atoms with Crippen LogP contribution < -0.4 is 5.32 Å². The molecule has 2 aliphatic rings. The molecule has 0 bridgehead atoms. The maximum atomic E-state index is 9.07. The minimum atomic E-state index is -0.147. The number of hydrogen-bond acceptors (Lipinski definition) is 3. The Bertz CT molecular complexity index is 328. The van der Waals surface area contributed by atoms with Gasteiger partial charge in [0.2, 0.25) is 0 Å². The number of hydrogen-bond donors (Lipinski definition) is 1. The van der Waals surface area contributed by atoms with Crippen LogP contribution in [0.3, 0.4) is 0 Å². The van der Waals surface area contributed by atoms with Crippen molar-refractivity contribution in [1.29, 1.82) is 5.26 Å². The lowest BCUT2D eigenvalue weighted by Crippen LogP contribution is -2.62. The Morgan fingerprint density at radius 1 is 1.20 bits per heavy atom. The summed E-state index contributed by atoms with van der Waals surface area (Å²) in [4.78, 5) is 2.77. The highest BCUT2D eigenvalue weighted by Gasteiger charge is 2.39. The van der Waals surface area contributed by atoms with E-state index in [2.05, 4.69) is 30.1 Å². The number of nitrogens with one attached hydrogen (secondary N) is 1. The predicted molar refractivity (Wildman–Crippen MR) is 83.5 cm³/mol. The van der Waals surface area contributed by atoms with Crippen molar-refractivity contribution >= 4 is 0 Å². The summed E-state index contributed by atoms with van der Waals surface area (Å²) in [5.41, 5.74) is 0.313. The van der Waals surface area contributed by atoms with E-state index in [1.165, 1.54) is 64.6 Å². The molecule has 0 aromatic carbocycles. The zero-order valence-corrected chi connectivity index (χ0v) is 13.4. The summed E-state index contributed by atoms with van der Waals surface area (Å²) in [6.07, 6.45) is 10.4. The van der Waals surface area contributed by atoms with Gasteiger partial charge in [-0.05, 0) is 46.1 Å². The Hall–Kier alpha value is -0.590. The first-order chi connectivity index (χ1) is 9.58. The minimum absolute atomic E-state index is 0.147. The molecule has 0 aromatic rings. The molecule has 3 nitrogen and oxygen atoms in total. The summed E-state index contributed by atoms with van der Waals surface area (Å²) >= 11 is 0. The van der Waals surface area contributed by atoms with Gasteiger partial charge in [0.1, 0.15) is 0 Å². The Balaban J connectivity index is 1.79. The number of nitrogens with zero attached hydrogens (tertiary/aromatic N) is 2. The third kappa shape index (κ3) is 3.96. The molecule has 1 aliphatic carbocycles. The van der Waals surface area contributed by atoms with E-state index in [0.29, 0.717) is 5.54 Å². The van der Waals surface area contributed by atoms with E-state index < -0.39 is 0 Å².